The lowest BCUT2D eigenvalue weighted by Gasteiger charge is -2.30. The number of nitrogens with one attached hydrogen (secondary N) is 2. The lowest BCUT2D eigenvalue weighted by molar-refractivity contribution is -0.936. The van der Waals surface area contributed by atoms with Gasteiger partial charge >= 0.3 is 0 Å². The smallest absolute Gasteiger partial charge is 0.224 e. The van der Waals surface area contributed by atoms with Gasteiger partial charge in [-0.3, -0.25) is 4.79 Å². The molecule has 0 unspecified atom stereocenters. The maximum atomic E-state index is 12.4. The van der Waals surface area contributed by atoms with Crippen LogP contribution in [0, 0.1) is 0 Å². The number of furan rings is 1. The van der Waals surface area contributed by atoms with E-state index in [9.17, 15) is 4.79 Å². The molecular formula is C19H23Cl2N2O2+. The molecular weight excluding hydrogens is 359 g/mol. The monoisotopic (exact) mass is 381 g/mol. The fraction of sp³-hybridized carbons (Fsp3) is 0.421. The van der Waals surface area contributed by atoms with Crippen molar-refractivity contribution in [1.29, 1.82) is 0 Å². The minimum atomic E-state index is -0.0806. The highest BCUT2D eigenvalue weighted by Crippen LogP contribution is 2.24. The van der Waals surface area contributed by atoms with E-state index in [1.54, 1.807) is 24.5 Å². The molecule has 1 aliphatic heterocycles. The van der Waals surface area contributed by atoms with E-state index in [-0.39, 0.29) is 18.4 Å². The molecule has 1 atom stereocenters. The van der Waals surface area contributed by atoms with Gasteiger partial charge in [-0.05, 0) is 49.1 Å². The van der Waals surface area contributed by atoms with E-state index in [1.807, 2.05) is 12.1 Å². The number of likely N-dealkylation sites (tertiary alicyclic amines) is 1. The number of hydrogen-bond acceptors (Lipinski definition) is 2. The molecule has 1 aromatic heterocycles. The summed E-state index contributed by atoms with van der Waals surface area (Å²) >= 11 is 12.3. The van der Waals surface area contributed by atoms with Gasteiger partial charge in [0.05, 0.1) is 32.3 Å². The molecule has 0 bridgehead atoms. The van der Waals surface area contributed by atoms with Crippen molar-refractivity contribution in [3.63, 3.8) is 0 Å². The molecule has 3 rings (SSSR count). The van der Waals surface area contributed by atoms with Gasteiger partial charge in [-0.15, -0.1) is 0 Å². The van der Waals surface area contributed by atoms with Crippen molar-refractivity contribution in [3.05, 3.63) is 58.0 Å². The molecule has 2 N–H and O–H groups in total. The van der Waals surface area contributed by atoms with E-state index in [0.717, 1.165) is 18.8 Å². The molecule has 6 heteroatoms. The Morgan fingerprint density at radius 1 is 1.12 bits per heavy atom. The number of rotatable bonds is 6. The standard InChI is InChI=1S/C19H22Cl2N2O2/c20-15-6-4-7-16(21)14(15)12-19(24)22-13-17(18-8-5-11-25-18)23-9-2-1-3-10-23/h4-8,11,17H,1-3,9-10,12-13H2,(H,22,24)/p+1/t17-/m0/s1. The number of carbonyl (C=O) groups excluding carboxylic acids is 1. The van der Waals surface area contributed by atoms with Gasteiger partial charge in [0.2, 0.25) is 5.91 Å². The maximum Gasteiger partial charge on any atom is 0.224 e. The zero-order valence-corrected chi connectivity index (χ0v) is 15.6. The predicted octanol–water partition coefficient (Wildman–Crippen LogP) is 3.06. The highest BCUT2D eigenvalue weighted by molar-refractivity contribution is 6.36. The van der Waals surface area contributed by atoms with Gasteiger partial charge in [-0.25, -0.2) is 0 Å². The van der Waals surface area contributed by atoms with Crippen LogP contribution in [0.1, 0.15) is 36.6 Å². The van der Waals surface area contributed by atoms with Crippen LogP contribution in [0.15, 0.2) is 41.0 Å². The van der Waals surface area contributed by atoms with Crippen LogP contribution >= 0.6 is 23.2 Å². The second-order valence-electron chi connectivity index (χ2n) is 6.47. The fourth-order valence-corrected chi connectivity index (χ4v) is 3.96. The molecule has 1 aliphatic rings. The molecule has 0 spiro atoms. The summed E-state index contributed by atoms with van der Waals surface area (Å²) in [6, 6.07) is 9.30. The molecule has 4 nitrogen and oxygen atoms in total. The fourth-order valence-electron chi connectivity index (χ4n) is 3.43. The SMILES string of the molecule is O=C(Cc1c(Cl)cccc1Cl)NC[C@@H](c1ccco1)[NH+]1CCCCC1. The first-order valence-corrected chi connectivity index (χ1v) is 9.48. The second-order valence-corrected chi connectivity index (χ2v) is 7.28. The van der Waals surface area contributed by atoms with Crippen molar-refractivity contribution in [2.45, 2.75) is 31.7 Å². The summed E-state index contributed by atoms with van der Waals surface area (Å²) in [6.45, 7) is 2.76. The average Bonchev–Trinajstić information content (AvgIpc) is 3.14. The summed E-state index contributed by atoms with van der Waals surface area (Å²) in [6.07, 6.45) is 5.59. The summed E-state index contributed by atoms with van der Waals surface area (Å²) < 4.78 is 5.62. The van der Waals surface area contributed by atoms with Crippen molar-refractivity contribution in [2.24, 2.45) is 0 Å². The lowest BCUT2D eigenvalue weighted by atomic mass is 10.1. The minimum Gasteiger partial charge on any atom is -0.463 e. The third-order valence-corrected chi connectivity index (χ3v) is 5.49. The Bertz CT molecular complexity index is 677. The topological polar surface area (TPSA) is 46.7 Å². The summed E-state index contributed by atoms with van der Waals surface area (Å²) in [5.74, 6) is 0.843. The van der Waals surface area contributed by atoms with Crippen LogP contribution < -0.4 is 10.2 Å². The van der Waals surface area contributed by atoms with Crippen LogP contribution in [0.2, 0.25) is 10.0 Å². The molecule has 1 fully saturated rings. The van der Waals surface area contributed by atoms with Crippen molar-refractivity contribution in [1.82, 2.24) is 5.32 Å². The summed E-state index contributed by atoms with van der Waals surface area (Å²) in [7, 11) is 0. The molecule has 134 valence electrons. The highest BCUT2D eigenvalue weighted by atomic mass is 35.5. The first kappa shape index (κ1) is 18.3. The number of piperidine rings is 1. The maximum absolute atomic E-state index is 12.4. The van der Waals surface area contributed by atoms with E-state index >= 15 is 0 Å². The molecule has 25 heavy (non-hydrogen) atoms. The van der Waals surface area contributed by atoms with Gasteiger partial charge in [0, 0.05) is 10.0 Å². The largest absolute Gasteiger partial charge is 0.463 e. The van der Waals surface area contributed by atoms with Crippen LogP contribution in [0.3, 0.4) is 0 Å². The van der Waals surface area contributed by atoms with Crippen molar-refractivity contribution in [3.8, 4) is 0 Å². The van der Waals surface area contributed by atoms with Crippen LogP contribution in [0.25, 0.3) is 0 Å². The van der Waals surface area contributed by atoms with E-state index in [0.29, 0.717) is 22.2 Å². The van der Waals surface area contributed by atoms with Gasteiger partial charge in [-0.1, -0.05) is 29.3 Å². The van der Waals surface area contributed by atoms with E-state index in [4.69, 9.17) is 27.6 Å². The van der Waals surface area contributed by atoms with Gasteiger partial charge in [0.1, 0.15) is 0 Å². The molecule has 1 saturated heterocycles. The number of hydrogen-bond donors (Lipinski definition) is 2. The number of carbonyl (C=O) groups is 1. The molecule has 2 heterocycles. The Hall–Kier alpha value is -1.49. The van der Waals surface area contributed by atoms with E-state index < -0.39 is 0 Å². The zero-order valence-electron chi connectivity index (χ0n) is 14.1. The van der Waals surface area contributed by atoms with Crippen LogP contribution in [0.5, 0.6) is 0 Å². The molecule has 1 amide bonds. The van der Waals surface area contributed by atoms with Crippen LogP contribution in [-0.2, 0) is 11.2 Å². The molecule has 0 aliphatic carbocycles. The van der Waals surface area contributed by atoms with Gasteiger partial charge in [0.15, 0.2) is 11.8 Å². The Kier molecular flexibility index (Phi) is 6.40. The minimum absolute atomic E-state index is 0.0806. The normalized spacial score (nSPS) is 16.6. The Balaban J connectivity index is 1.63. The molecule has 2 aromatic rings. The Morgan fingerprint density at radius 3 is 2.48 bits per heavy atom. The van der Waals surface area contributed by atoms with Crippen molar-refractivity contribution < 1.29 is 14.1 Å². The van der Waals surface area contributed by atoms with E-state index in [2.05, 4.69) is 5.32 Å². The Morgan fingerprint density at radius 2 is 1.84 bits per heavy atom. The first-order chi connectivity index (χ1) is 12.1. The number of quaternary nitrogens is 1. The quantitative estimate of drug-likeness (QED) is 0.807. The predicted molar refractivity (Wildman–Crippen MR) is 99.2 cm³/mol. The zero-order chi connectivity index (χ0) is 17.6. The van der Waals surface area contributed by atoms with Gasteiger partial charge in [-0.2, -0.15) is 0 Å². The van der Waals surface area contributed by atoms with Crippen molar-refractivity contribution in [2.75, 3.05) is 19.6 Å². The summed E-state index contributed by atoms with van der Waals surface area (Å²) in [4.78, 5) is 13.9. The van der Waals surface area contributed by atoms with Gasteiger partial charge < -0.3 is 14.6 Å². The van der Waals surface area contributed by atoms with Gasteiger partial charge in [0.25, 0.3) is 0 Å². The number of benzene rings is 1. The van der Waals surface area contributed by atoms with Crippen LogP contribution in [0.4, 0.5) is 0 Å². The van der Waals surface area contributed by atoms with E-state index in [1.165, 1.54) is 24.2 Å². The lowest BCUT2D eigenvalue weighted by Crippen LogP contribution is -3.13. The highest BCUT2D eigenvalue weighted by Gasteiger charge is 2.28. The number of amides is 1. The summed E-state index contributed by atoms with van der Waals surface area (Å²) in [5.41, 5.74) is 0.670. The first-order valence-electron chi connectivity index (χ1n) is 8.72. The molecule has 1 aromatic carbocycles. The number of halogens is 2. The second kappa shape index (κ2) is 8.75. The Labute approximate surface area is 158 Å². The third-order valence-electron chi connectivity index (χ3n) is 4.78. The summed E-state index contributed by atoms with van der Waals surface area (Å²) in [5, 5.41) is 4.07. The van der Waals surface area contributed by atoms with Crippen LogP contribution in [-0.4, -0.2) is 25.5 Å². The molecule has 0 saturated carbocycles. The average molecular weight is 382 g/mol. The molecule has 0 radical (unpaired) electrons. The third kappa shape index (κ3) is 4.78. The van der Waals surface area contributed by atoms with Crippen molar-refractivity contribution >= 4 is 29.1 Å².